The molecule has 0 saturated carbocycles. The van der Waals surface area contributed by atoms with Gasteiger partial charge in [0.25, 0.3) is 0 Å². The van der Waals surface area contributed by atoms with Crippen LogP contribution in [0.25, 0.3) is 6.08 Å². The van der Waals surface area contributed by atoms with Crippen LogP contribution in [0, 0.1) is 20.8 Å². The van der Waals surface area contributed by atoms with E-state index in [-0.39, 0.29) is 0 Å². The maximum absolute atomic E-state index is 6.00. The van der Waals surface area contributed by atoms with Crippen molar-refractivity contribution in [3.8, 4) is 0 Å². The maximum Gasteiger partial charge on any atom is 0.0379 e. The lowest BCUT2D eigenvalue weighted by Gasteiger charge is -2.12. The number of nitrogen functional groups attached to an aromatic ring is 1. The molecule has 0 aliphatic carbocycles. The summed E-state index contributed by atoms with van der Waals surface area (Å²) in [6, 6.07) is 2.15. The summed E-state index contributed by atoms with van der Waals surface area (Å²) in [4.78, 5) is 0. The highest BCUT2D eigenvalue weighted by atomic mass is 14.6. The normalized spacial score (nSPS) is 10.1. The van der Waals surface area contributed by atoms with Crippen LogP contribution in [0.3, 0.4) is 0 Å². The fraction of sp³-hybridized carbons (Fsp3) is 0.385. The van der Waals surface area contributed by atoms with Gasteiger partial charge in [-0.1, -0.05) is 17.7 Å². The molecule has 1 aromatic carbocycles. The first kappa shape index (κ1) is 10.8. The van der Waals surface area contributed by atoms with Crippen molar-refractivity contribution in [3.05, 3.63) is 33.9 Å². The van der Waals surface area contributed by atoms with E-state index in [0.717, 1.165) is 5.69 Å². The highest BCUT2D eigenvalue weighted by Gasteiger charge is 2.05. The van der Waals surface area contributed by atoms with Crippen LogP contribution in [-0.4, -0.2) is 0 Å². The molecule has 1 aromatic rings. The van der Waals surface area contributed by atoms with Gasteiger partial charge in [0.1, 0.15) is 0 Å². The van der Waals surface area contributed by atoms with E-state index in [4.69, 9.17) is 5.73 Å². The van der Waals surface area contributed by atoms with Crippen molar-refractivity contribution in [2.75, 3.05) is 5.73 Å². The number of rotatable bonds is 1. The van der Waals surface area contributed by atoms with Crippen molar-refractivity contribution in [2.45, 2.75) is 34.6 Å². The van der Waals surface area contributed by atoms with Gasteiger partial charge in [0.05, 0.1) is 0 Å². The van der Waals surface area contributed by atoms with Gasteiger partial charge in [-0.15, -0.1) is 0 Å². The average molecular weight is 189 g/mol. The van der Waals surface area contributed by atoms with E-state index in [2.05, 4.69) is 46.8 Å². The molecule has 0 aliphatic rings. The van der Waals surface area contributed by atoms with Crippen molar-refractivity contribution in [1.29, 1.82) is 0 Å². The molecule has 0 radical (unpaired) electrons. The van der Waals surface area contributed by atoms with Gasteiger partial charge in [-0.05, 0) is 56.9 Å². The third-order valence-corrected chi connectivity index (χ3v) is 2.52. The molecular weight excluding hydrogens is 170 g/mol. The lowest BCUT2D eigenvalue weighted by atomic mass is 9.96. The molecule has 0 bridgehead atoms. The Bertz CT molecular complexity index is 383. The molecule has 1 heteroatoms. The summed E-state index contributed by atoms with van der Waals surface area (Å²) in [7, 11) is 0. The minimum atomic E-state index is 0.920. The van der Waals surface area contributed by atoms with E-state index < -0.39 is 0 Å². The fourth-order valence-electron chi connectivity index (χ4n) is 1.73. The van der Waals surface area contributed by atoms with Crippen LogP contribution >= 0.6 is 0 Å². The summed E-state index contributed by atoms with van der Waals surface area (Å²) in [6.45, 7) is 10.5. The number of anilines is 1. The largest absolute Gasteiger partial charge is 0.398 e. The Balaban J connectivity index is 3.44. The van der Waals surface area contributed by atoms with E-state index in [9.17, 15) is 0 Å². The molecule has 0 fully saturated rings. The van der Waals surface area contributed by atoms with Gasteiger partial charge < -0.3 is 5.73 Å². The second-order valence-corrected chi connectivity index (χ2v) is 4.18. The Labute approximate surface area is 86.6 Å². The smallest absolute Gasteiger partial charge is 0.0379 e. The lowest BCUT2D eigenvalue weighted by Crippen LogP contribution is -1.98. The molecule has 1 rings (SSSR count). The third-order valence-electron chi connectivity index (χ3n) is 2.52. The maximum atomic E-state index is 6.00. The summed E-state index contributed by atoms with van der Waals surface area (Å²) in [6.07, 6.45) is 2.19. The SMILES string of the molecule is CC(C)=Cc1c(C)cc(C)c(N)c1C. The molecule has 14 heavy (non-hydrogen) atoms. The first-order valence-corrected chi connectivity index (χ1v) is 4.94. The number of aryl methyl sites for hydroxylation is 2. The summed E-state index contributed by atoms with van der Waals surface area (Å²) in [5, 5.41) is 0. The molecule has 2 N–H and O–H groups in total. The number of benzene rings is 1. The summed E-state index contributed by atoms with van der Waals surface area (Å²) < 4.78 is 0. The zero-order valence-electron chi connectivity index (χ0n) is 9.73. The molecule has 0 aliphatic heterocycles. The van der Waals surface area contributed by atoms with Crippen molar-refractivity contribution in [1.82, 2.24) is 0 Å². The Morgan fingerprint density at radius 2 is 1.71 bits per heavy atom. The minimum Gasteiger partial charge on any atom is -0.398 e. The summed E-state index contributed by atoms with van der Waals surface area (Å²) in [5.41, 5.74) is 13.2. The predicted molar refractivity (Wildman–Crippen MR) is 64.4 cm³/mol. The van der Waals surface area contributed by atoms with Crippen LogP contribution in [0.1, 0.15) is 36.1 Å². The van der Waals surface area contributed by atoms with Crippen molar-refractivity contribution < 1.29 is 0 Å². The predicted octanol–water partition coefficient (Wildman–Crippen LogP) is 3.62. The number of nitrogens with two attached hydrogens (primary N) is 1. The number of hydrogen-bond donors (Lipinski definition) is 1. The van der Waals surface area contributed by atoms with Gasteiger partial charge in [0, 0.05) is 5.69 Å². The number of hydrogen-bond acceptors (Lipinski definition) is 1. The Morgan fingerprint density at radius 3 is 2.21 bits per heavy atom. The summed E-state index contributed by atoms with van der Waals surface area (Å²) in [5.74, 6) is 0. The highest BCUT2D eigenvalue weighted by Crippen LogP contribution is 2.25. The fourth-order valence-corrected chi connectivity index (χ4v) is 1.73. The quantitative estimate of drug-likeness (QED) is 0.671. The lowest BCUT2D eigenvalue weighted by molar-refractivity contribution is 1.29. The zero-order valence-corrected chi connectivity index (χ0v) is 9.73. The average Bonchev–Trinajstić information content (AvgIpc) is 2.09. The van der Waals surface area contributed by atoms with E-state index in [1.165, 1.54) is 27.8 Å². The first-order chi connectivity index (χ1) is 6.43. The van der Waals surface area contributed by atoms with E-state index >= 15 is 0 Å². The van der Waals surface area contributed by atoms with E-state index in [1.807, 2.05) is 0 Å². The van der Waals surface area contributed by atoms with Crippen LogP contribution in [0.2, 0.25) is 0 Å². The molecule has 0 heterocycles. The standard InChI is InChI=1S/C13H19N/c1-8(2)6-12-9(3)7-10(4)13(14)11(12)5/h6-7H,14H2,1-5H3. The molecule has 0 saturated heterocycles. The molecule has 76 valence electrons. The third kappa shape index (κ3) is 1.98. The molecule has 0 spiro atoms. The first-order valence-electron chi connectivity index (χ1n) is 4.94. The minimum absolute atomic E-state index is 0.920. The summed E-state index contributed by atoms with van der Waals surface area (Å²) >= 11 is 0. The second-order valence-electron chi connectivity index (χ2n) is 4.18. The molecule has 0 aromatic heterocycles. The van der Waals surface area contributed by atoms with Gasteiger partial charge in [-0.2, -0.15) is 0 Å². The van der Waals surface area contributed by atoms with Gasteiger partial charge in [-0.25, -0.2) is 0 Å². The monoisotopic (exact) mass is 189 g/mol. The zero-order chi connectivity index (χ0) is 10.9. The van der Waals surface area contributed by atoms with Crippen molar-refractivity contribution in [3.63, 3.8) is 0 Å². The van der Waals surface area contributed by atoms with Crippen molar-refractivity contribution >= 4 is 11.8 Å². The van der Waals surface area contributed by atoms with Gasteiger partial charge in [0.15, 0.2) is 0 Å². The van der Waals surface area contributed by atoms with Gasteiger partial charge >= 0.3 is 0 Å². The molecule has 1 nitrogen and oxygen atoms in total. The Hall–Kier alpha value is -1.24. The Kier molecular flexibility index (Phi) is 3.00. The van der Waals surface area contributed by atoms with Crippen LogP contribution in [-0.2, 0) is 0 Å². The molecular formula is C13H19N. The van der Waals surface area contributed by atoms with Crippen molar-refractivity contribution in [2.24, 2.45) is 0 Å². The van der Waals surface area contributed by atoms with E-state index in [0.29, 0.717) is 0 Å². The molecule has 0 unspecified atom stereocenters. The van der Waals surface area contributed by atoms with Gasteiger partial charge in [0.2, 0.25) is 0 Å². The second kappa shape index (κ2) is 3.87. The Morgan fingerprint density at radius 1 is 1.14 bits per heavy atom. The topological polar surface area (TPSA) is 26.0 Å². The highest BCUT2D eigenvalue weighted by molar-refractivity contribution is 5.68. The van der Waals surface area contributed by atoms with Crippen LogP contribution in [0.5, 0.6) is 0 Å². The van der Waals surface area contributed by atoms with E-state index in [1.54, 1.807) is 0 Å². The van der Waals surface area contributed by atoms with Gasteiger partial charge in [-0.3, -0.25) is 0 Å². The van der Waals surface area contributed by atoms with Crippen LogP contribution in [0.15, 0.2) is 11.6 Å². The van der Waals surface area contributed by atoms with Crippen LogP contribution < -0.4 is 5.73 Å². The molecule has 0 amide bonds. The van der Waals surface area contributed by atoms with Crippen LogP contribution in [0.4, 0.5) is 5.69 Å². The molecule has 0 atom stereocenters. The number of allylic oxidation sites excluding steroid dienone is 1.